The molecule has 0 N–H and O–H groups in total. The Morgan fingerprint density at radius 2 is 2.45 bits per heavy atom. The summed E-state index contributed by atoms with van der Waals surface area (Å²) in [5.41, 5.74) is 1.26. The maximum atomic E-state index is 5.68. The van der Waals surface area contributed by atoms with Crippen LogP contribution in [0.5, 0.6) is 0 Å². The maximum absolute atomic E-state index is 5.68. The summed E-state index contributed by atoms with van der Waals surface area (Å²) in [6.45, 7) is 2.14. The van der Waals surface area contributed by atoms with E-state index >= 15 is 0 Å². The first-order valence-electron chi connectivity index (χ1n) is 3.78. The Morgan fingerprint density at radius 3 is 3.00 bits per heavy atom. The fraction of sp³-hybridized carbons (Fsp3) is 0.444. The first-order valence-corrected chi connectivity index (χ1v) is 4.31. The lowest BCUT2D eigenvalue weighted by Gasteiger charge is -2.05. The van der Waals surface area contributed by atoms with E-state index in [0.717, 1.165) is 12.3 Å². The van der Waals surface area contributed by atoms with Crippen molar-refractivity contribution in [3.8, 4) is 0 Å². The van der Waals surface area contributed by atoms with Gasteiger partial charge < -0.3 is 0 Å². The van der Waals surface area contributed by atoms with E-state index in [9.17, 15) is 0 Å². The standard InChI is InChI=1S/C9H12ClN/c1-8(6-10)5-9-3-2-4-11-7-9/h2-4,7-8H,5-6H2,1H3. The maximum Gasteiger partial charge on any atom is 0.0299 e. The van der Waals surface area contributed by atoms with Gasteiger partial charge >= 0.3 is 0 Å². The zero-order valence-corrected chi connectivity index (χ0v) is 7.38. The molecule has 2 heteroatoms. The number of halogens is 1. The minimum atomic E-state index is 0.542. The van der Waals surface area contributed by atoms with Gasteiger partial charge in [0.1, 0.15) is 0 Å². The summed E-state index contributed by atoms with van der Waals surface area (Å²) < 4.78 is 0. The van der Waals surface area contributed by atoms with Crippen LogP contribution >= 0.6 is 11.6 Å². The smallest absolute Gasteiger partial charge is 0.0299 e. The predicted molar refractivity (Wildman–Crippen MR) is 47.8 cm³/mol. The molecule has 11 heavy (non-hydrogen) atoms. The molecule has 0 aliphatic carbocycles. The number of hydrogen-bond donors (Lipinski definition) is 0. The van der Waals surface area contributed by atoms with Gasteiger partial charge in [-0.15, -0.1) is 11.6 Å². The molecular formula is C9H12ClN. The number of pyridine rings is 1. The van der Waals surface area contributed by atoms with Crippen LogP contribution in [0, 0.1) is 5.92 Å². The fourth-order valence-corrected chi connectivity index (χ4v) is 1.08. The second-order valence-corrected chi connectivity index (χ2v) is 3.13. The highest BCUT2D eigenvalue weighted by Crippen LogP contribution is 2.07. The molecule has 1 unspecified atom stereocenters. The molecule has 1 nitrogen and oxygen atoms in total. The van der Waals surface area contributed by atoms with Gasteiger partial charge in [-0.3, -0.25) is 4.98 Å². The van der Waals surface area contributed by atoms with Gasteiger partial charge in [-0.05, 0) is 24.0 Å². The summed E-state index contributed by atoms with van der Waals surface area (Å²) in [5, 5.41) is 0. The van der Waals surface area contributed by atoms with Crippen LogP contribution in [0.4, 0.5) is 0 Å². The zero-order valence-electron chi connectivity index (χ0n) is 6.63. The Bertz CT molecular complexity index is 198. The van der Waals surface area contributed by atoms with E-state index in [0.29, 0.717) is 5.92 Å². The molecule has 0 saturated heterocycles. The van der Waals surface area contributed by atoms with Crippen LogP contribution in [0.15, 0.2) is 24.5 Å². The van der Waals surface area contributed by atoms with Crippen LogP contribution in [0.1, 0.15) is 12.5 Å². The molecule has 1 aromatic heterocycles. The monoisotopic (exact) mass is 169 g/mol. The first-order chi connectivity index (χ1) is 5.33. The lowest BCUT2D eigenvalue weighted by molar-refractivity contribution is 0.653. The topological polar surface area (TPSA) is 12.9 Å². The van der Waals surface area contributed by atoms with E-state index < -0.39 is 0 Å². The van der Waals surface area contributed by atoms with E-state index in [1.54, 1.807) is 6.20 Å². The van der Waals surface area contributed by atoms with Gasteiger partial charge in [-0.1, -0.05) is 13.0 Å². The first kappa shape index (κ1) is 8.54. The number of rotatable bonds is 3. The van der Waals surface area contributed by atoms with E-state index in [2.05, 4.69) is 18.0 Å². The van der Waals surface area contributed by atoms with Gasteiger partial charge in [0.25, 0.3) is 0 Å². The van der Waals surface area contributed by atoms with E-state index in [4.69, 9.17) is 11.6 Å². The summed E-state index contributed by atoms with van der Waals surface area (Å²) in [7, 11) is 0. The van der Waals surface area contributed by atoms with Crippen molar-refractivity contribution in [2.45, 2.75) is 13.3 Å². The second kappa shape index (κ2) is 4.35. The minimum Gasteiger partial charge on any atom is -0.264 e. The highest BCUT2D eigenvalue weighted by atomic mass is 35.5. The fourth-order valence-electron chi connectivity index (χ4n) is 0.976. The van der Waals surface area contributed by atoms with Crippen molar-refractivity contribution in [2.24, 2.45) is 5.92 Å². The average molecular weight is 170 g/mol. The number of nitrogens with zero attached hydrogens (tertiary/aromatic N) is 1. The van der Waals surface area contributed by atoms with E-state index in [1.165, 1.54) is 5.56 Å². The number of aromatic nitrogens is 1. The van der Waals surface area contributed by atoms with Crippen molar-refractivity contribution in [1.29, 1.82) is 0 Å². The highest BCUT2D eigenvalue weighted by molar-refractivity contribution is 6.18. The molecule has 0 bridgehead atoms. The molecule has 0 amide bonds. The lowest BCUT2D eigenvalue weighted by Crippen LogP contribution is -2.00. The third kappa shape index (κ3) is 2.89. The summed E-state index contributed by atoms with van der Waals surface area (Å²) in [6.07, 6.45) is 4.70. The lowest BCUT2D eigenvalue weighted by atomic mass is 10.1. The van der Waals surface area contributed by atoms with Gasteiger partial charge in [0.2, 0.25) is 0 Å². The van der Waals surface area contributed by atoms with E-state index in [-0.39, 0.29) is 0 Å². The van der Waals surface area contributed by atoms with Gasteiger partial charge in [-0.25, -0.2) is 0 Å². The van der Waals surface area contributed by atoms with Crippen LogP contribution in [0.25, 0.3) is 0 Å². The predicted octanol–water partition coefficient (Wildman–Crippen LogP) is 2.50. The molecule has 0 radical (unpaired) electrons. The van der Waals surface area contributed by atoms with Gasteiger partial charge in [0, 0.05) is 18.3 Å². The summed E-state index contributed by atoms with van der Waals surface area (Å²) in [5.74, 6) is 1.26. The molecule has 0 aliphatic rings. The third-order valence-corrected chi connectivity index (χ3v) is 2.10. The average Bonchev–Trinajstić information content (AvgIpc) is 2.06. The molecule has 0 aromatic carbocycles. The van der Waals surface area contributed by atoms with Crippen molar-refractivity contribution in [2.75, 3.05) is 5.88 Å². The van der Waals surface area contributed by atoms with Crippen molar-refractivity contribution in [3.63, 3.8) is 0 Å². The molecule has 1 aromatic rings. The Morgan fingerprint density at radius 1 is 1.64 bits per heavy atom. The normalized spacial score (nSPS) is 12.9. The molecule has 0 saturated carbocycles. The molecule has 0 fully saturated rings. The summed E-state index contributed by atoms with van der Waals surface area (Å²) in [4.78, 5) is 4.03. The Balaban J connectivity index is 2.51. The van der Waals surface area contributed by atoms with Gasteiger partial charge in [-0.2, -0.15) is 0 Å². The van der Waals surface area contributed by atoms with Crippen LogP contribution < -0.4 is 0 Å². The molecule has 1 atom stereocenters. The van der Waals surface area contributed by atoms with Gasteiger partial charge in [0.15, 0.2) is 0 Å². The third-order valence-electron chi connectivity index (χ3n) is 1.57. The SMILES string of the molecule is CC(CCl)Cc1cccnc1. The number of alkyl halides is 1. The van der Waals surface area contributed by atoms with Crippen LogP contribution in [0.3, 0.4) is 0 Å². The van der Waals surface area contributed by atoms with Crippen LogP contribution in [-0.2, 0) is 6.42 Å². The number of hydrogen-bond acceptors (Lipinski definition) is 1. The van der Waals surface area contributed by atoms with Crippen molar-refractivity contribution in [3.05, 3.63) is 30.1 Å². The molecule has 1 rings (SSSR count). The quantitative estimate of drug-likeness (QED) is 0.634. The van der Waals surface area contributed by atoms with Crippen molar-refractivity contribution < 1.29 is 0 Å². The summed E-state index contributed by atoms with van der Waals surface area (Å²) >= 11 is 5.68. The molecular weight excluding hydrogens is 158 g/mol. The van der Waals surface area contributed by atoms with E-state index in [1.807, 2.05) is 12.3 Å². The van der Waals surface area contributed by atoms with Crippen LogP contribution in [-0.4, -0.2) is 10.9 Å². The highest BCUT2D eigenvalue weighted by Gasteiger charge is 2.00. The minimum absolute atomic E-state index is 0.542. The van der Waals surface area contributed by atoms with Crippen LogP contribution in [0.2, 0.25) is 0 Å². The summed E-state index contributed by atoms with van der Waals surface area (Å²) in [6, 6.07) is 4.03. The second-order valence-electron chi connectivity index (χ2n) is 2.82. The molecule has 1 heterocycles. The Labute approximate surface area is 72.4 Å². The molecule has 60 valence electrons. The van der Waals surface area contributed by atoms with Crippen molar-refractivity contribution in [1.82, 2.24) is 4.98 Å². The van der Waals surface area contributed by atoms with Gasteiger partial charge in [0.05, 0.1) is 0 Å². The molecule has 0 aliphatic heterocycles. The largest absolute Gasteiger partial charge is 0.264 e. The van der Waals surface area contributed by atoms with Crippen molar-refractivity contribution >= 4 is 11.6 Å². The zero-order chi connectivity index (χ0) is 8.10. The Hall–Kier alpha value is -0.560. The Kier molecular flexibility index (Phi) is 3.37. The molecule has 0 spiro atoms.